The molecule has 0 radical (unpaired) electrons. The Balaban J connectivity index is 1.82. The fraction of sp³-hybridized carbons (Fsp3) is 0.400. The van der Waals surface area contributed by atoms with Gasteiger partial charge in [0.15, 0.2) is 0 Å². The van der Waals surface area contributed by atoms with Crippen LogP contribution in [0.1, 0.15) is 18.1 Å². The second-order valence-corrected chi connectivity index (χ2v) is 8.48. The summed E-state index contributed by atoms with van der Waals surface area (Å²) in [7, 11) is -2.12. The Morgan fingerprint density at radius 3 is 2.33 bits per heavy atom. The van der Waals surface area contributed by atoms with Crippen molar-refractivity contribution in [2.45, 2.75) is 31.7 Å². The van der Waals surface area contributed by atoms with Crippen molar-refractivity contribution in [1.82, 2.24) is 0 Å². The monoisotopic (exact) mass is 390 g/mol. The van der Waals surface area contributed by atoms with Gasteiger partial charge < -0.3 is 14.4 Å². The van der Waals surface area contributed by atoms with Crippen molar-refractivity contribution in [2.24, 2.45) is 0 Å². The summed E-state index contributed by atoms with van der Waals surface area (Å²) < 4.78 is 39.2. The minimum absolute atomic E-state index is 0.286. The summed E-state index contributed by atoms with van der Waals surface area (Å²) in [5.74, 6) is 0.646. The molecule has 1 atom stereocenters. The van der Waals surface area contributed by atoms with E-state index in [-0.39, 0.29) is 4.90 Å². The smallest absolute Gasteiger partial charge is 0.262 e. The molecule has 3 rings (SSSR count). The quantitative estimate of drug-likeness (QED) is 0.848. The van der Waals surface area contributed by atoms with E-state index in [1.165, 1.54) is 0 Å². The summed E-state index contributed by atoms with van der Waals surface area (Å²) in [6, 6.07) is 11.2. The first-order chi connectivity index (χ1) is 12.8. The SMILES string of the molecule is COc1cc(C)c(S(=O)(=O)Nc2ccc(N3CCOCC3C)cc2)c(C)c1. The van der Waals surface area contributed by atoms with Crippen molar-refractivity contribution >= 4 is 21.4 Å². The molecular formula is C20H26N2O4S. The van der Waals surface area contributed by atoms with Gasteiger partial charge in [-0.15, -0.1) is 0 Å². The van der Waals surface area contributed by atoms with E-state index in [1.807, 2.05) is 12.1 Å². The fourth-order valence-corrected chi connectivity index (χ4v) is 5.00. The molecule has 1 N–H and O–H groups in total. The van der Waals surface area contributed by atoms with Crippen molar-refractivity contribution in [1.29, 1.82) is 0 Å². The number of nitrogens with zero attached hydrogens (tertiary/aromatic N) is 1. The molecule has 0 aliphatic carbocycles. The average Bonchev–Trinajstić information content (AvgIpc) is 2.61. The molecule has 1 aliphatic rings. The molecule has 27 heavy (non-hydrogen) atoms. The Morgan fingerprint density at radius 2 is 1.78 bits per heavy atom. The molecule has 146 valence electrons. The summed E-state index contributed by atoms with van der Waals surface area (Å²) >= 11 is 0. The molecule has 1 unspecified atom stereocenters. The van der Waals surface area contributed by atoms with Gasteiger partial charge >= 0.3 is 0 Å². The first kappa shape index (κ1) is 19.5. The Morgan fingerprint density at radius 1 is 1.15 bits per heavy atom. The third-order valence-electron chi connectivity index (χ3n) is 4.76. The number of anilines is 2. The van der Waals surface area contributed by atoms with Crippen LogP contribution >= 0.6 is 0 Å². The summed E-state index contributed by atoms with van der Waals surface area (Å²) in [5, 5.41) is 0. The molecule has 1 fully saturated rings. The molecule has 0 aromatic heterocycles. The minimum atomic E-state index is -3.69. The zero-order valence-electron chi connectivity index (χ0n) is 16.2. The van der Waals surface area contributed by atoms with Crippen LogP contribution in [0.4, 0.5) is 11.4 Å². The van der Waals surface area contributed by atoms with E-state index in [9.17, 15) is 8.42 Å². The number of benzene rings is 2. The van der Waals surface area contributed by atoms with Gasteiger partial charge in [-0.1, -0.05) is 0 Å². The molecule has 0 bridgehead atoms. The van der Waals surface area contributed by atoms with Gasteiger partial charge in [0.05, 0.1) is 25.2 Å². The van der Waals surface area contributed by atoms with E-state index < -0.39 is 10.0 Å². The van der Waals surface area contributed by atoms with Crippen LogP contribution in [0.25, 0.3) is 0 Å². The predicted molar refractivity (Wildman–Crippen MR) is 107 cm³/mol. The van der Waals surface area contributed by atoms with Crippen LogP contribution in [0.2, 0.25) is 0 Å². The summed E-state index contributed by atoms with van der Waals surface area (Å²) in [6.45, 7) is 7.89. The molecule has 7 heteroatoms. The van der Waals surface area contributed by atoms with Gasteiger partial charge in [0.25, 0.3) is 10.0 Å². The molecule has 0 amide bonds. The van der Waals surface area contributed by atoms with Gasteiger partial charge in [0, 0.05) is 24.0 Å². The maximum Gasteiger partial charge on any atom is 0.262 e. The summed E-state index contributed by atoms with van der Waals surface area (Å²) in [4.78, 5) is 2.55. The van der Waals surface area contributed by atoms with Crippen LogP contribution in [0.15, 0.2) is 41.3 Å². The number of hydrogen-bond acceptors (Lipinski definition) is 5. The van der Waals surface area contributed by atoms with Crippen LogP contribution in [0.3, 0.4) is 0 Å². The first-order valence-corrected chi connectivity index (χ1v) is 10.4. The van der Waals surface area contributed by atoms with Crippen molar-refractivity contribution in [3.05, 3.63) is 47.5 Å². The summed E-state index contributed by atoms with van der Waals surface area (Å²) in [6.07, 6.45) is 0. The first-order valence-electron chi connectivity index (χ1n) is 8.94. The Kier molecular flexibility index (Phi) is 5.62. The maximum atomic E-state index is 12.9. The number of rotatable bonds is 5. The number of methoxy groups -OCH3 is 1. The molecule has 1 heterocycles. The standard InChI is InChI=1S/C20H26N2O4S/c1-14-11-19(25-4)12-15(2)20(14)27(23,24)21-17-5-7-18(8-6-17)22-9-10-26-13-16(22)3/h5-8,11-12,16,21H,9-10,13H2,1-4H3. The Hall–Kier alpha value is -2.25. The molecular weight excluding hydrogens is 364 g/mol. The van der Waals surface area contributed by atoms with Crippen LogP contribution in [0, 0.1) is 13.8 Å². The number of hydrogen-bond donors (Lipinski definition) is 1. The highest BCUT2D eigenvalue weighted by atomic mass is 32.2. The third-order valence-corrected chi connectivity index (χ3v) is 6.44. The highest BCUT2D eigenvalue weighted by Crippen LogP contribution is 2.28. The number of sulfonamides is 1. The van der Waals surface area contributed by atoms with Crippen molar-refractivity contribution < 1.29 is 17.9 Å². The number of morpholine rings is 1. The lowest BCUT2D eigenvalue weighted by Crippen LogP contribution is -2.43. The highest BCUT2D eigenvalue weighted by molar-refractivity contribution is 7.92. The van der Waals surface area contributed by atoms with Crippen LogP contribution in [-0.2, 0) is 14.8 Å². The van der Waals surface area contributed by atoms with E-state index in [0.717, 1.165) is 12.2 Å². The van der Waals surface area contributed by atoms with Gasteiger partial charge in [-0.25, -0.2) is 8.42 Å². The zero-order chi connectivity index (χ0) is 19.6. The number of aryl methyl sites for hydroxylation is 2. The van der Waals surface area contributed by atoms with E-state index in [0.29, 0.717) is 41.8 Å². The fourth-order valence-electron chi connectivity index (χ4n) is 3.49. The largest absolute Gasteiger partial charge is 0.497 e. The van der Waals surface area contributed by atoms with Gasteiger partial charge in [-0.05, 0) is 68.3 Å². The topological polar surface area (TPSA) is 67.9 Å². The van der Waals surface area contributed by atoms with Crippen molar-refractivity contribution in [3.63, 3.8) is 0 Å². The van der Waals surface area contributed by atoms with Gasteiger partial charge in [0.2, 0.25) is 0 Å². The second kappa shape index (κ2) is 7.78. The van der Waals surface area contributed by atoms with Crippen molar-refractivity contribution in [2.75, 3.05) is 36.5 Å². The number of nitrogens with one attached hydrogen (secondary N) is 1. The minimum Gasteiger partial charge on any atom is -0.497 e. The summed E-state index contributed by atoms with van der Waals surface area (Å²) in [5.41, 5.74) is 2.90. The van der Waals surface area contributed by atoms with Crippen LogP contribution < -0.4 is 14.4 Å². The molecule has 6 nitrogen and oxygen atoms in total. The molecule has 1 saturated heterocycles. The lowest BCUT2D eigenvalue weighted by atomic mass is 10.1. The van der Waals surface area contributed by atoms with Crippen LogP contribution in [-0.4, -0.2) is 41.3 Å². The molecule has 1 aliphatic heterocycles. The third kappa shape index (κ3) is 4.20. The predicted octanol–water partition coefficient (Wildman–Crippen LogP) is 3.34. The molecule has 0 saturated carbocycles. The zero-order valence-corrected chi connectivity index (χ0v) is 17.0. The van der Waals surface area contributed by atoms with E-state index in [4.69, 9.17) is 9.47 Å². The molecule has 0 spiro atoms. The highest BCUT2D eigenvalue weighted by Gasteiger charge is 2.22. The Bertz CT molecular complexity index is 887. The molecule has 2 aromatic carbocycles. The van der Waals surface area contributed by atoms with Crippen LogP contribution in [0.5, 0.6) is 5.75 Å². The van der Waals surface area contributed by atoms with E-state index in [1.54, 1.807) is 45.2 Å². The maximum absolute atomic E-state index is 12.9. The van der Waals surface area contributed by atoms with Gasteiger partial charge in [0.1, 0.15) is 5.75 Å². The van der Waals surface area contributed by atoms with Crippen molar-refractivity contribution in [3.8, 4) is 5.75 Å². The van der Waals surface area contributed by atoms with Gasteiger partial charge in [-0.2, -0.15) is 0 Å². The van der Waals surface area contributed by atoms with E-state index in [2.05, 4.69) is 16.5 Å². The average molecular weight is 391 g/mol. The van der Waals surface area contributed by atoms with Gasteiger partial charge in [-0.3, -0.25) is 4.72 Å². The molecule has 2 aromatic rings. The second-order valence-electron chi connectivity index (χ2n) is 6.86. The Labute approximate surface area is 161 Å². The lowest BCUT2D eigenvalue weighted by Gasteiger charge is -2.35. The normalized spacial score (nSPS) is 17.6. The number of ether oxygens (including phenoxy) is 2. The van der Waals surface area contributed by atoms with E-state index >= 15 is 0 Å². The lowest BCUT2D eigenvalue weighted by molar-refractivity contribution is 0.0989.